The molecule has 1 atom stereocenters. The molecule has 0 spiro atoms. The average molecular weight is 442 g/mol. The molecule has 0 aromatic heterocycles. The predicted octanol–water partition coefficient (Wildman–Crippen LogP) is 5.37. The molecule has 1 unspecified atom stereocenters. The van der Waals surface area contributed by atoms with Gasteiger partial charge in [-0.2, -0.15) is 0 Å². The second-order valence-electron chi connectivity index (χ2n) is 7.80. The van der Waals surface area contributed by atoms with Crippen LogP contribution in [-0.4, -0.2) is 33.2 Å². The Hall–Kier alpha value is -2.34. The Kier molecular flexibility index (Phi) is 5.87. The molecule has 0 saturated carbocycles. The van der Waals surface area contributed by atoms with E-state index in [0.29, 0.717) is 9.92 Å². The molecule has 1 aliphatic rings. The van der Waals surface area contributed by atoms with Crippen LogP contribution in [0.2, 0.25) is 5.02 Å². The van der Waals surface area contributed by atoms with Gasteiger partial charge in [0.2, 0.25) is 0 Å². The number of sulfone groups is 1. The molecule has 6 heteroatoms. The maximum Gasteiger partial charge on any atom is 0.175 e. The van der Waals surface area contributed by atoms with E-state index in [9.17, 15) is 8.42 Å². The zero-order valence-corrected chi connectivity index (χ0v) is 18.6. The van der Waals surface area contributed by atoms with Crippen molar-refractivity contribution in [1.29, 1.82) is 0 Å². The van der Waals surface area contributed by atoms with Crippen LogP contribution < -0.4 is 4.74 Å². The lowest BCUT2D eigenvalue weighted by atomic mass is 9.96. The lowest BCUT2D eigenvalue weighted by Gasteiger charge is -2.20. The second kappa shape index (κ2) is 8.42. The van der Waals surface area contributed by atoms with Gasteiger partial charge in [0.1, 0.15) is 11.9 Å². The van der Waals surface area contributed by atoms with E-state index >= 15 is 0 Å². The van der Waals surface area contributed by atoms with E-state index in [1.165, 1.54) is 17.4 Å². The Bertz CT molecular complexity index is 1160. The molecule has 1 aliphatic heterocycles. The van der Waals surface area contributed by atoms with E-state index in [1.54, 1.807) is 12.1 Å². The quantitative estimate of drug-likeness (QED) is 0.546. The molecule has 0 bridgehead atoms. The third-order valence-electron chi connectivity index (χ3n) is 5.39. The predicted molar refractivity (Wildman–Crippen MR) is 121 cm³/mol. The fourth-order valence-electron chi connectivity index (χ4n) is 3.82. The van der Waals surface area contributed by atoms with Gasteiger partial charge in [-0.05, 0) is 65.7 Å². The highest BCUT2D eigenvalue weighted by molar-refractivity contribution is 7.90. The van der Waals surface area contributed by atoms with Gasteiger partial charge in [-0.1, -0.05) is 41.9 Å². The maximum absolute atomic E-state index is 11.7. The van der Waals surface area contributed by atoms with E-state index in [1.807, 2.05) is 36.4 Å². The van der Waals surface area contributed by atoms with Crippen molar-refractivity contribution in [3.63, 3.8) is 0 Å². The van der Waals surface area contributed by atoms with Gasteiger partial charge in [-0.3, -0.25) is 0 Å². The maximum atomic E-state index is 11.7. The van der Waals surface area contributed by atoms with E-state index in [0.717, 1.165) is 36.4 Å². The number of nitrogens with zero attached hydrogens (tertiary/aromatic N) is 1. The fourth-order valence-corrected chi connectivity index (χ4v) is 4.63. The van der Waals surface area contributed by atoms with Crippen LogP contribution in [0.5, 0.6) is 5.75 Å². The summed E-state index contributed by atoms with van der Waals surface area (Å²) in [6.45, 7) is 1.76. The van der Waals surface area contributed by atoms with Gasteiger partial charge in [-0.25, -0.2) is 8.42 Å². The number of hydrogen-bond acceptors (Lipinski definition) is 4. The minimum absolute atomic E-state index is 0.0509. The van der Waals surface area contributed by atoms with Gasteiger partial charge in [-0.15, -0.1) is 0 Å². The number of hydrogen-bond donors (Lipinski definition) is 0. The third-order valence-corrected chi connectivity index (χ3v) is 6.76. The Morgan fingerprint density at radius 1 is 1.00 bits per heavy atom. The number of fused-ring (bicyclic) bond motifs is 1. The smallest absolute Gasteiger partial charge is 0.175 e. The summed E-state index contributed by atoms with van der Waals surface area (Å²) in [5.41, 5.74) is 4.44. The Balaban J connectivity index is 1.67. The van der Waals surface area contributed by atoms with Crippen molar-refractivity contribution in [2.45, 2.75) is 24.0 Å². The first-order chi connectivity index (χ1) is 14.3. The first kappa shape index (κ1) is 20.9. The topological polar surface area (TPSA) is 46.6 Å². The van der Waals surface area contributed by atoms with Crippen LogP contribution in [0.4, 0.5) is 0 Å². The molecule has 30 heavy (non-hydrogen) atoms. The van der Waals surface area contributed by atoms with Crippen molar-refractivity contribution in [1.82, 2.24) is 4.90 Å². The van der Waals surface area contributed by atoms with E-state index in [4.69, 9.17) is 16.3 Å². The van der Waals surface area contributed by atoms with Crippen molar-refractivity contribution in [2.75, 3.05) is 19.8 Å². The molecule has 0 N–H and O–H groups in total. The summed E-state index contributed by atoms with van der Waals surface area (Å²) in [6, 6.07) is 20.9. The van der Waals surface area contributed by atoms with Crippen LogP contribution in [0.25, 0.3) is 11.1 Å². The molecule has 0 radical (unpaired) electrons. The van der Waals surface area contributed by atoms with Crippen LogP contribution in [0.15, 0.2) is 71.6 Å². The summed E-state index contributed by atoms with van der Waals surface area (Å²) < 4.78 is 29.8. The summed E-state index contributed by atoms with van der Waals surface area (Å²) >= 11 is 6.12. The minimum Gasteiger partial charge on any atom is -0.486 e. The second-order valence-corrected chi connectivity index (χ2v) is 10.3. The van der Waals surface area contributed by atoms with Crippen molar-refractivity contribution >= 4 is 21.4 Å². The molecule has 0 saturated heterocycles. The Morgan fingerprint density at radius 2 is 1.73 bits per heavy atom. The molecule has 4 rings (SSSR count). The van der Waals surface area contributed by atoms with Gasteiger partial charge in [0.05, 0.1) is 4.90 Å². The Morgan fingerprint density at radius 3 is 2.43 bits per heavy atom. The zero-order valence-electron chi connectivity index (χ0n) is 17.0. The first-order valence-corrected chi connectivity index (χ1v) is 12.1. The minimum atomic E-state index is -3.20. The summed E-state index contributed by atoms with van der Waals surface area (Å²) in [7, 11) is -1.09. The lowest BCUT2D eigenvalue weighted by molar-refractivity contribution is 0.182. The van der Waals surface area contributed by atoms with Gasteiger partial charge in [0.15, 0.2) is 9.84 Å². The summed E-state index contributed by atoms with van der Waals surface area (Å²) in [5.74, 6) is 0.767. The summed E-state index contributed by atoms with van der Waals surface area (Å²) in [6.07, 6.45) is 2.06. The molecule has 0 aliphatic carbocycles. The summed E-state index contributed by atoms with van der Waals surface area (Å²) in [5, 5.41) is 0.659. The van der Waals surface area contributed by atoms with Gasteiger partial charge < -0.3 is 9.64 Å². The average Bonchev–Trinajstić information content (AvgIpc) is 2.85. The lowest BCUT2D eigenvalue weighted by Crippen LogP contribution is -2.18. The fraction of sp³-hybridized carbons (Fsp3) is 0.250. The molecule has 1 heterocycles. The van der Waals surface area contributed by atoms with Crippen LogP contribution in [0.3, 0.4) is 0 Å². The normalized spacial score (nSPS) is 17.2. The van der Waals surface area contributed by atoms with E-state index < -0.39 is 9.84 Å². The molecule has 4 nitrogen and oxygen atoms in total. The van der Waals surface area contributed by atoms with Gasteiger partial charge in [0, 0.05) is 30.8 Å². The number of ether oxygens (including phenoxy) is 1. The van der Waals surface area contributed by atoms with Crippen molar-refractivity contribution in [3.8, 4) is 16.9 Å². The highest BCUT2D eigenvalue weighted by Crippen LogP contribution is 2.34. The van der Waals surface area contributed by atoms with Crippen LogP contribution in [0.1, 0.15) is 23.7 Å². The summed E-state index contributed by atoms with van der Waals surface area (Å²) in [4.78, 5) is 2.62. The van der Waals surface area contributed by atoms with E-state index in [2.05, 4.69) is 30.1 Å². The first-order valence-electron chi connectivity index (χ1n) is 9.84. The largest absolute Gasteiger partial charge is 0.486 e. The number of halogens is 1. The molecule has 0 amide bonds. The van der Waals surface area contributed by atoms with Crippen LogP contribution in [0, 0.1) is 0 Å². The highest BCUT2D eigenvalue weighted by atomic mass is 35.5. The van der Waals surface area contributed by atoms with Gasteiger partial charge in [0.25, 0.3) is 0 Å². The Labute approximate surface area is 183 Å². The molecule has 3 aromatic rings. The SMILES string of the molecule is CN1CCC(Oc2cccc(Cl)c2)c2ccc(-c3ccc(S(C)(=O)=O)cc3)cc2C1. The van der Waals surface area contributed by atoms with Crippen molar-refractivity contribution < 1.29 is 13.2 Å². The highest BCUT2D eigenvalue weighted by Gasteiger charge is 2.23. The zero-order chi connectivity index (χ0) is 21.3. The monoisotopic (exact) mass is 441 g/mol. The van der Waals surface area contributed by atoms with E-state index in [-0.39, 0.29) is 6.10 Å². The van der Waals surface area contributed by atoms with Gasteiger partial charge >= 0.3 is 0 Å². The van der Waals surface area contributed by atoms with Crippen LogP contribution in [-0.2, 0) is 16.4 Å². The van der Waals surface area contributed by atoms with Crippen molar-refractivity contribution in [2.24, 2.45) is 0 Å². The molecular weight excluding hydrogens is 418 g/mol. The molecule has 156 valence electrons. The number of benzene rings is 3. The third kappa shape index (κ3) is 4.69. The van der Waals surface area contributed by atoms with Crippen LogP contribution >= 0.6 is 11.6 Å². The molecule has 0 fully saturated rings. The molecule has 3 aromatic carbocycles. The molecular formula is C24H24ClNO3S. The standard InChI is InChI=1S/C24H24ClNO3S/c1-26-13-12-24(29-21-5-3-4-20(25)15-21)23-11-8-18(14-19(23)16-26)17-6-9-22(10-7-17)30(2,27)28/h3-11,14-15,24H,12-13,16H2,1-2H3. The number of rotatable bonds is 4. The van der Waals surface area contributed by atoms with Crippen molar-refractivity contribution in [3.05, 3.63) is 82.9 Å².